The van der Waals surface area contributed by atoms with Crippen molar-refractivity contribution < 1.29 is 22.4 Å². The van der Waals surface area contributed by atoms with Crippen LogP contribution in [0.5, 0.6) is 5.75 Å². The number of carbonyl (C=O) groups is 1. The number of benzene rings is 2. The van der Waals surface area contributed by atoms with Gasteiger partial charge in [0, 0.05) is 6.54 Å². The fraction of sp³-hybridized carbons (Fsp3) is 0.150. The Balaban J connectivity index is 1.87. The molecular formula is C20H19NO5S. The molecule has 0 saturated carbocycles. The Morgan fingerprint density at radius 1 is 1.04 bits per heavy atom. The summed E-state index contributed by atoms with van der Waals surface area (Å²) in [6.45, 7) is -0.137. The van der Waals surface area contributed by atoms with Crippen molar-refractivity contribution in [3.63, 3.8) is 0 Å². The minimum absolute atomic E-state index is 0.137. The maximum absolute atomic E-state index is 13.1. The van der Waals surface area contributed by atoms with Gasteiger partial charge in [0.2, 0.25) is 0 Å². The summed E-state index contributed by atoms with van der Waals surface area (Å²) in [4.78, 5) is 12.7. The van der Waals surface area contributed by atoms with Gasteiger partial charge in [0.05, 0.1) is 23.8 Å². The molecule has 3 aromatic rings. The van der Waals surface area contributed by atoms with Gasteiger partial charge in [0.1, 0.15) is 16.8 Å². The van der Waals surface area contributed by atoms with Crippen molar-refractivity contribution in [2.75, 3.05) is 13.7 Å². The number of rotatable bonds is 7. The number of sulfone groups is 1. The molecule has 1 N–H and O–H groups in total. The molecule has 0 aliphatic rings. The van der Waals surface area contributed by atoms with E-state index in [4.69, 9.17) is 9.15 Å². The zero-order chi connectivity index (χ0) is 19.3. The summed E-state index contributed by atoms with van der Waals surface area (Å²) < 4.78 is 36.6. The van der Waals surface area contributed by atoms with E-state index in [2.05, 4.69) is 5.32 Å². The Kier molecular flexibility index (Phi) is 5.61. The normalized spacial score (nSPS) is 12.3. The highest BCUT2D eigenvalue weighted by Gasteiger charge is 2.32. The first-order valence-corrected chi connectivity index (χ1v) is 9.82. The highest BCUT2D eigenvalue weighted by molar-refractivity contribution is 7.91. The molecule has 0 aliphatic heterocycles. The predicted octanol–water partition coefficient (Wildman–Crippen LogP) is 3.23. The Morgan fingerprint density at radius 2 is 1.74 bits per heavy atom. The van der Waals surface area contributed by atoms with Crippen molar-refractivity contribution in [1.82, 2.24) is 5.32 Å². The van der Waals surface area contributed by atoms with Gasteiger partial charge >= 0.3 is 0 Å². The third-order valence-corrected chi connectivity index (χ3v) is 6.18. The van der Waals surface area contributed by atoms with E-state index >= 15 is 0 Å². The van der Waals surface area contributed by atoms with Gasteiger partial charge in [-0.3, -0.25) is 4.79 Å². The quantitative estimate of drug-likeness (QED) is 0.675. The molecule has 0 fully saturated rings. The highest BCUT2D eigenvalue weighted by Crippen LogP contribution is 2.29. The average molecular weight is 385 g/mol. The van der Waals surface area contributed by atoms with Gasteiger partial charge in [-0.1, -0.05) is 30.3 Å². The summed E-state index contributed by atoms with van der Waals surface area (Å²) >= 11 is 0. The van der Waals surface area contributed by atoms with Crippen LogP contribution in [0.15, 0.2) is 82.3 Å². The van der Waals surface area contributed by atoms with E-state index < -0.39 is 21.0 Å². The zero-order valence-corrected chi connectivity index (χ0v) is 15.5. The van der Waals surface area contributed by atoms with Crippen molar-refractivity contribution in [2.24, 2.45) is 0 Å². The van der Waals surface area contributed by atoms with Gasteiger partial charge < -0.3 is 14.5 Å². The number of methoxy groups -OCH3 is 1. The predicted molar refractivity (Wildman–Crippen MR) is 100 cm³/mol. The van der Waals surface area contributed by atoms with Crippen molar-refractivity contribution in [3.05, 3.63) is 84.3 Å². The summed E-state index contributed by atoms with van der Waals surface area (Å²) in [5.41, 5.74) is 0.329. The fourth-order valence-electron chi connectivity index (χ4n) is 2.72. The molecule has 1 atom stereocenters. The van der Waals surface area contributed by atoms with Crippen molar-refractivity contribution in [1.29, 1.82) is 0 Å². The van der Waals surface area contributed by atoms with E-state index in [-0.39, 0.29) is 17.2 Å². The van der Waals surface area contributed by atoms with Crippen LogP contribution in [0.2, 0.25) is 0 Å². The number of para-hydroxylation sites is 1. The molecular weight excluding hydrogens is 366 g/mol. The van der Waals surface area contributed by atoms with E-state index in [9.17, 15) is 13.2 Å². The molecule has 0 radical (unpaired) electrons. The molecule has 0 spiro atoms. The van der Waals surface area contributed by atoms with E-state index in [0.717, 1.165) is 0 Å². The third-order valence-electron chi connectivity index (χ3n) is 4.11. The van der Waals surface area contributed by atoms with Gasteiger partial charge in [-0.2, -0.15) is 0 Å². The maximum Gasteiger partial charge on any atom is 0.255 e. The van der Waals surface area contributed by atoms with Crippen LogP contribution in [0.1, 0.15) is 21.4 Å². The molecule has 1 unspecified atom stereocenters. The molecule has 0 aliphatic carbocycles. The number of carbonyl (C=O) groups excluding carboxylic acids is 1. The van der Waals surface area contributed by atoms with Crippen LogP contribution >= 0.6 is 0 Å². The summed E-state index contributed by atoms with van der Waals surface area (Å²) in [5, 5.41) is 1.63. The van der Waals surface area contributed by atoms with Gasteiger partial charge in [0.25, 0.3) is 5.91 Å². The van der Waals surface area contributed by atoms with Gasteiger partial charge in [-0.25, -0.2) is 8.42 Å². The second-order valence-corrected chi connectivity index (χ2v) is 7.90. The highest BCUT2D eigenvalue weighted by atomic mass is 32.2. The Morgan fingerprint density at radius 3 is 2.41 bits per heavy atom. The van der Waals surface area contributed by atoms with Crippen LogP contribution < -0.4 is 10.1 Å². The van der Waals surface area contributed by atoms with E-state index in [1.165, 1.54) is 25.5 Å². The molecule has 2 aromatic carbocycles. The fourth-order valence-corrected chi connectivity index (χ4v) is 4.33. The number of furan rings is 1. The van der Waals surface area contributed by atoms with Crippen molar-refractivity contribution >= 4 is 15.7 Å². The lowest BCUT2D eigenvalue weighted by Crippen LogP contribution is -2.32. The molecule has 1 heterocycles. The Labute approximate surface area is 157 Å². The van der Waals surface area contributed by atoms with E-state index in [1.807, 2.05) is 0 Å². The number of amides is 1. The molecule has 0 saturated heterocycles. The van der Waals surface area contributed by atoms with Gasteiger partial charge in [0.15, 0.2) is 9.84 Å². The van der Waals surface area contributed by atoms with Crippen LogP contribution in [-0.2, 0) is 9.84 Å². The van der Waals surface area contributed by atoms with Crippen LogP contribution in [0, 0.1) is 0 Å². The molecule has 140 valence electrons. The summed E-state index contributed by atoms with van der Waals surface area (Å²) in [7, 11) is -2.29. The number of hydrogen-bond acceptors (Lipinski definition) is 5. The SMILES string of the molecule is COc1ccccc1C(=O)NCC(c1ccco1)S(=O)(=O)c1ccccc1. The maximum atomic E-state index is 13.1. The first-order valence-electron chi connectivity index (χ1n) is 8.27. The molecule has 1 aromatic heterocycles. The number of hydrogen-bond donors (Lipinski definition) is 1. The topological polar surface area (TPSA) is 85.6 Å². The number of nitrogens with one attached hydrogen (secondary N) is 1. The third kappa shape index (κ3) is 4.03. The van der Waals surface area contributed by atoms with Crippen LogP contribution in [0.25, 0.3) is 0 Å². The lowest BCUT2D eigenvalue weighted by molar-refractivity contribution is 0.0950. The summed E-state index contributed by atoms with van der Waals surface area (Å²) in [6, 6.07) is 18.0. The minimum Gasteiger partial charge on any atom is -0.496 e. The van der Waals surface area contributed by atoms with E-state index in [0.29, 0.717) is 11.3 Å². The molecule has 3 rings (SSSR count). The Hall–Kier alpha value is -3.06. The first kappa shape index (κ1) is 18.7. The van der Waals surface area contributed by atoms with E-state index in [1.54, 1.807) is 54.6 Å². The standard InChI is InChI=1S/C20H19NO5S/c1-25-17-11-6-5-10-16(17)20(22)21-14-19(18-12-7-13-26-18)27(23,24)15-8-3-2-4-9-15/h2-13,19H,14H2,1H3,(H,21,22). The second-order valence-electron chi connectivity index (χ2n) is 5.77. The lowest BCUT2D eigenvalue weighted by atomic mass is 10.2. The van der Waals surface area contributed by atoms with Gasteiger partial charge in [-0.15, -0.1) is 0 Å². The smallest absolute Gasteiger partial charge is 0.255 e. The summed E-state index contributed by atoms with van der Waals surface area (Å²) in [5.74, 6) is 0.252. The zero-order valence-electron chi connectivity index (χ0n) is 14.7. The Bertz CT molecular complexity index is 998. The van der Waals surface area contributed by atoms with Crippen LogP contribution in [-0.4, -0.2) is 28.0 Å². The van der Waals surface area contributed by atoms with Gasteiger partial charge in [-0.05, 0) is 36.4 Å². The molecule has 7 heteroatoms. The lowest BCUT2D eigenvalue weighted by Gasteiger charge is -2.17. The second kappa shape index (κ2) is 8.09. The largest absolute Gasteiger partial charge is 0.496 e. The summed E-state index contributed by atoms with van der Waals surface area (Å²) in [6.07, 6.45) is 1.41. The van der Waals surface area contributed by atoms with Crippen molar-refractivity contribution in [2.45, 2.75) is 10.1 Å². The monoisotopic (exact) mass is 385 g/mol. The van der Waals surface area contributed by atoms with Crippen LogP contribution in [0.4, 0.5) is 0 Å². The van der Waals surface area contributed by atoms with Crippen molar-refractivity contribution in [3.8, 4) is 5.75 Å². The first-order chi connectivity index (χ1) is 13.0. The molecule has 0 bridgehead atoms. The molecule has 27 heavy (non-hydrogen) atoms. The average Bonchev–Trinajstić information content (AvgIpc) is 3.22. The molecule has 6 nitrogen and oxygen atoms in total. The molecule has 1 amide bonds. The minimum atomic E-state index is -3.76. The van der Waals surface area contributed by atoms with Crippen LogP contribution in [0.3, 0.4) is 0 Å². The number of ether oxygens (including phenoxy) is 1.